The Morgan fingerprint density at radius 2 is 2.29 bits per heavy atom. The molecule has 0 heterocycles. The van der Waals surface area contributed by atoms with Crippen molar-refractivity contribution in [3.63, 3.8) is 0 Å². The molecule has 2 aliphatic carbocycles. The molecule has 0 aromatic carbocycles. The summed E-state index contributed by atoms with van der Waals surface area (Å²) in [6, 6.07) is 0. The van der Waals surface area contributed by atoms with E-state index in [2.05, 4.69) is 30.6 Å². The van der Waals surface area contributed by atoms with Crippen molar-refractivity contribution in [3.8, 4) is 0 Å². The zero-order valence-electron chi connectivity index (χ0n) is 10.2. The summed E-state index contributed by atoms with van der Waals surface area (Å²) < 4.78 is 0. The van der Waals surface area contributed by atoms with Gasteiger partial charge in [-0.05, 0) is 49.5 Å². The fourth-order valence-corrected chi connectivity index (χ4v) is 2.70. The van der Waals surface area contributed by atoms with Gasteiger partial charge in [0.1, 0.15) is 0 Å². The van der Waals surface area contributed by atoms with Gasteiger partial charge in [-0.2, -0.15) is 0 Å². The molecule has 0 amide bonds. The zero-order valence-corrected chi connectivity index (χ0v) is 10.2. The second kappa shape index (κ2) is 5.09. The summed E-state index contributed by atoms with van der Waals surface area (Å²) in [5, 5.41) is 3.19. The zero-order chi connectivity index (χ0) is 12.3. The molecule has 0 radical (unpaired) electrons. The number of rotatable bonds is 4. The minimum Gasteiger partial charge on any atom is -0.398 e. The number of nitrogens with one attached hydrogen (secondary N) is 1. The molecule has 0 bridgehead atoms. The van der Waals surface area contributed by atoms with Gasteiger partial charge in [0.25, 0.3) is 0 Å². The average Bonchev–Trinajstić information content (AvgIpc) is 2.33. The summed E-state index contributed by atoms with van der Waals surface area (Å²) >= 11 is 0. The van der Waals surface area contributed by atoms with Crippen LogP contribution < -0.4 is 11.1 Å². The minimum absolute atomic E-state index is 0.566. The molecule has 17 heavy (non-hydrogen) atoms. The van der Waals surface area contributed by atoms with Gasteiger partial charge in [0.2, 0.25) is 0 Å². The van der Waals surface area contributed by atoms with Crippen LogP contribution in [0.1, 0.15) is 25.7 Å². The molecule has 2 heteroatoms. The maximum atomic E-state index is 6.31. The van der Waals surface area contributed by atoms with E-state index < -0.39 is 0 Å². The van der Waals surface area contributed by atoms with Gasteiger partial charge >= 0.3 is 0 Å². The minimum atomic E-state index is 0.566. The molecule has 2 rings (SSSR count). The first-order valence-electron chi connectivity index (χ1n) is 6.14. The van der Waals surface area contributed by atoms with Crippen LogP contribution in [0.2, 0.25) is 0 Å². The number of hydrogen-bond donors (Lipinski definition) is 2. The quantitative estimate of drug-likeness (QED) is 0.725. The third-order valence-electron chi connectivity index (χ3n) is 3.52. The van der Waals surface area contributed by atoms with E-state index in [0.29, 0.717) is 5.92 Å². The Balaban J connectivity index is 2.43. The van der Waals surface area contributed by atoms with Crippen molar-refractivity contribution in [3.05, 3.63) is 60.1 Å². The van der Waals surface area contributed by atoms with Gasteiger partial charge in [-0.1, -0.05) is 18.7 Å². The maximum absolute atomic E-state index is 6.31. The summed E-state index contributed by atoms with van der Waals surface area (Å²) in [7, 11) is 0. The Hall–Kier alpha value is -1.70. The third-order valence-corrected chi connectivity index (χ3v) is 3.52. The van der Waals surface area contributed by atoms with Gasteiger partial charge in [0, 0.05) is 17.0 Å². The number of hydrogen-bond acceptors (Lipinski definition) is 2. The van der Waals surface area contributed by atoms with E-state index in [1.165, 1.54) is 17.6 Å². The number of fused-ring (bicyclic) bond motifs is 1. The van der Waals surface area contributed by atoms with Gasteiger partial charge in [0.15, 0.2) is 0 Å². The van der Waals surface area contributed by atoms with E-state index in [-0.39, 0.29) is 0 Å². The van der Waals surface area contributed by atoms with Crippen LogP contribution in [0.5, 0.6) is 0 Å². The van der Waals surface area contributed by atoms with Crippen LogP contribution in [-0.2, 0) is 0 Å². The molecule has 0 aromatic heterocycles. The molecule has 0 spiro atoms. The van der Waals surface area contributed by atoms with Crippen LogP contribution in [0.4, 0.5) is 0 Å². The molecule has 0 saturated heterocycles. The lowest BCUT2D eigenvalue weighted by Gasteiger charge is -2.31. The van der Waals surface area contributed by atoms with Crippen molar-refractivity contribution in [1.82, 2.24) is 5.32 Å². The fourth-order valence-electron chi connectivity index (χ4n) is 2.70. The molecule has 0 aliphatic heterocycles. The van der Waals surface area contributed by atoms with Gasteiger partial charge in [-0.15, -0.1) is 6.58 Å². The first kappa shape index (κ1) is 11.8. The lowest BCUT2D eigenvalue weighted by Crippen LogP contribution is -2.25. The average molecular weight is 228 g/mol. The summed E-state index contributed by atoms with van der Waals surface area (Å²) in [4.78, 5) is 0. The second-order valence-corrected chi connectivity index (χ2v) is 4.56. The molecule has 90 valence electrons. The van der Waals surface area contributed by atoms with Crippen LogP contribution in [0.3, 0.4) is 0 Å². The standard InChI is InChI=1S/C15H20N2/c1-3-6-12-10-9-11-7-5-8-13(17-4-2)14(11)15(12)16/h3-5,8,11,17H,1-2,6-7,9-10,16H2. The molecule has 2 aliphatic rings. The van der Waals surface area contributed by atoms with E-state index in [0.717, 1.165) is 30.7 Å². The van der Waals surface area contributed by atoms with E-state index >= 15 is 0 Å². The molecule has 2 nitrogen and oxygen atoms in total. The Labute approximate surface area is 103 Å². The highest BCUT2D eigenvalue weighted by molar-refractivity contribution is 5.47. The van der Waals surface area contributed by atoms with Gasteiger partial charge < -0.3 is 11.1 Å². The van der Waals surface area contributed by atoms with Crippen LogP contribution in [-0.4, -0.2) is 0 Å². The van der Waals surface area contributed by atoms with Crippen molar-refractivity contribution in [1.29, 1.82) is 0 Å². The van der Waals surface area contributed by atoms with E-state index in [4.69, 9.17) is 5.73 Å². The van der Waals surface area contributed by atoms with E-state index in [9.17, 15) is 0 Å². The van der Waals surface area contributed by atoms with Gasteiger partial charge in [-0.3, -0.25) is 0 Å². The Bertz CT molecular complexity index is 424. The fraction of sp³-hybridized carbons (Fsp3) is 0.333. The summed E-state index contributed by atoms with van der Waals surface area (Å²) in [6.07, 6.45) is 12.2. The summed E-state index contributed by atoms with van der Waals surface area (Å²) in [6.45, 7) is 7.52. The SMILES string of the molecule is C=CCC1=C(N)C2=C(NC=C)C=CCC2CC1. The predicted molar refractivity (Wildman–Crippen MR) is 72.9 cm³/mol. The highest BCUT2D eigenvalue weighted by Crippen LogP contribution is 2.39. The van der Waals surface area contributed by atoms with Crippen molar-refractivity contribution < 1.29 is 0 Å². The van der Waals surface area contributed by atoms with Crippen molar-refractivity contribution in [2.75, 3.05) is 0 Å². The van der Waals surface area contributed by atoms with Crippen LogP contribution in [0.25, 0.3) is 0 Å². The summed E-state index contributed by atoms with van der Waals surface area (Å²) in [5.74, 6) is 0.566. The Kier molecular flexibility index (Phi) is 3.52. The van der Waals surface area contributed by atoms with Crippen LogP contribution in [0.15, 0.2) is 60.1 Å². The van der Waals surface area contributed by atoms with Crippen LogP contribution >= 0.6 is 0 Å². The number of nitrogens with two attached hydrogens (primary N) is 1. The first-order valence-corrected chi connectivity index (χ1v) is 6.14. The largest absolute Gasteiger partial charge is 0.398 e. The van der Waals surface area contributed by atoms with Crippen molar-refractivity contribution in [2.24, 2.45) is 11.7 Å². The summed E-state index contributed by atoms with van der Waals surface area (Å²) in [5.41, 5.74) is 11.0. The highest BCUT2D eigenvalue weighted by Gasteiger charge is 2.27. The lowest BCUT2D eigenvalue weighted by molar-refractivity contribution is 0.528. The Morgan fingerprint density at radius 1 is 1.47 bits per heavy atom. The first-order chi connectivity index (χ1) is 8.27. The molecule has 0 aromatic rings. The maximum Gasteiger partial charge on any atom is 0.0432 e. The van der Waals surface area contributed by atoms with E-state index in [1.807, 2.05) is 6.08 Å². The monoisotopic (exact) mass is 228 g/mol. The topological polar surface area (TPSA) is 38.0 Å². The normalized spacial score (nSPS) is 23.4. The predicted octanol–water partition coefficient (Wildman–Crippen LogP) is 3.13. The molecular weight excluding hydrogens is 208 g/mol. The molecule has 3 N–H and O–H groups in total. The Morgan fingerprint density at radius 3 is 3.00 bits per heavy atom. The number of allylic oxidation sites excluding steroid dienone is 5. The molecule has 1 unspecified atom stereocenters. The van der Waals surface area contributed by atoms with Crippen molar-refractivity contribution >= 4 is 0 Å². The molecule has 1 atom stereocenters. The molecular formula is C15H20N2. The smallest absolute Gasteiger partial charge is 0.0432 e. The lowest BCUT2D eigenvalue weighted by atomic mass is 9.77. The third kappa shape index (κ3) is 2.21. The van der Waals surface area contributed by atoms with E-state index in [1.54, 1.807) is 6.20 Å². The second-order valence-electron chi connectivity index (χ2n) is 4.56. The molecule has 0 saturated carbocycles. The van der Waals surface area contributed by atoms with Gasteiger partial charge in [-0.25, -0.2) is 0 Å². The van der Waals surface area contributed by atoms with Gasteiger partial charge in [0.05, 0.1) is 0 Å². The molecule has 0 fully saturated rings. The van der Waals surface area contributed by atoms with Crippen molar-refractivity contribution in [2.45, 2.75) is 25.7 Å². The highest BCUT2D eigenvalue weighted by atomic mass is 14.9. The van der Waals surface area contributed by atoms with Crippen LogP contribution in [0, 0.1) is 5.92 Å².